The molecule has 0 aliphatic rings. The number of anilines is 2. The molecule has 0 fully saturated rings. The molecule has 0 aliphatic carbocycles. The standard InChI is InChI=1S/C27H20N4O6/c32-24(18-3-1-9-28-14-18)30-22-7-5-16(12-20(22)26(34)35)11-17-6-8-23(21(13-17)27(36)37)31-25(33)19-4-2-10-29-15-19/h1-10,12-15H,11H2,(H,30,32)(H,31,33)(H,34,35)(H,36,37). The monoisotopic (exact) mass is 496 g/mol. The molecular weight excluding hydrogens is 476 g/mol. The Morgan fingerprint density at radius 1 is 0.649 bits per heavy atom. The van der Waals surface area contributed by atoms with E-state index in [1.165, 1.54) is 49.1 Å². The zero-order chi connectivity index (χ0) is 26.4. The molecular formula is C27H20N4O6. The first-order chi connectivity index (χ1) is 17.8. The highest BCUT2D eigenvalue weighted by atomic mass is 16.4. The molecule has 0 radical (unpaired) electrons. The zero-order valence-corrected chi connectivity index (χ0v) is 19.2. The first-order valence-electron chi connectivity index (χ1n) is 11.0. The number of hydrogen-bond acceptors (Lipinski definition) is 6. The summed E-state index contributed by atoms with van der Waals surface area (Å²) in [6, 6.07) is 15.4. The van der Waals surface area contributed by atoms with Gasteiger partial charge >= 0.3 is 11.9 Å². The molecule has 0 unspecified atom stereocenters. The van der Waals surface area contributed by atoms with Gasteiger partial charge in [-0.1, -0.05) is 12.1 Å². The summed E-state index contributed by atoms with van der Waals surface area (Å²) in [7, 11) is 0. The van der Waals surface area contributed by atoms with E-state index in [0.29, 0.717) is 11.1 Å². The second-order valence-electron chi connectivity index (χ2n) is 7.94. The van der Waals surface area contributed by atoms with Crippen molar-refractivity contribution in [2.24, 2.45) is 0 Å². The van der Waals surface area contributed by atoms with Crippen LogP contribution in [0.25, 0.3) is 0 Å². The van der Waals surface area contributed by atoms with Crippen molar-refractivity contribution in [2.45, 2.75) is 6.42 Å². The third kappa shape index (κ3) is 6.01. The van der Waals surface area contributed by atoms with E-state index < -0.39 is 23.8 Å². The van der Waals surface area contributed by atoms with Crippen LogP contribution in [0.1, 0.15) is 52.6 Å². The molecule has 0 aliphatic heterocycles. The van der Waals surface area contributed by atoms with Crippen LogP contribution in [0.5, 0.6) is 0 Å². The molecule has 4 rings (SSSR count). The van der Waals surface area contributed by atoms with E-state index in [9.17, 15) is 29.4 Å². The van der Waals surface area contributed by atoms with Crippen molar-refractivity contribution in [3.8, 4) is 0 Å². The SMILES string of the molecule is O=C(Nc1ccc(Cc2ccc(NC(=O)c3cccnc3)c(C(=O)O)c2)cc1C(=O)O)c1cccnc1. The number of carboxylic acid groups (broad SMARTS) is 2. The minimum Gasteiger partial charge on any atom is -0.478 e. The summed E-state index contributed by atoms with van der Waals surface area (Å²) < 4.78 is 0. The van der Waals surface area contributed by atoms with Crippen LogP contribution in [0.3, 0.4) is 0 Å². The van der Waals surface area contributed by atoms with Crippen LogP contribution in [0.4, 0.5) is 11.4 Å². The normalized spacial score (nSPS) is 10.4. The van der Waals surface area contributed by atoms with Crippen LogP contribution in [0.15, 0.2) is 85.5 Å². The lowest BCUT2D eigenvalue weighted by Crippen LogP contribution is -2.15. The molecule has 0 saturated carbocycles. The average molecular weight is 496 g/mol. The highest BCUT2D eigenvalue weighted by Crippen LogP contribution is 2.24. The fourth-order valence-corrected chi connectivity index (χ4v) is 3.59. The van der Waals surface area contributed by atoms with E-state index in [1.54, 1.807) is 36.4 Å². The molecule has 2 aromatic heterocycles. The number of nitrogens with zero attached hydrogens (tertiary/aromatic N) is 2. The number of aromatic nitrogens is 2. The van der Waals surface area contributed by atoms with Gasteiger partial charge in [0.1, 0.15) is 0 Å². The van der Waals surface area contributed by atoms with Gasteiger partial charge in [-0.05, 0) is 66.1 Å². The molecule has 2 amide bonds. The Balaban J connectivity index is 1.55. The lowest BCUT2D eigenvalue weighted by Gasteiger charge is -2.12. The minimum atomic E-state index is -1.23. The van der Waals surface area contributed by atoms with Gasteiger partial charge in [0.15, 0.2) is 0 Å². The molecule has 2 heterocycles. The van der Waals surface area contributed by atoms with E-state index >= 15 is 0 Å². The second-order valence-corrected chi connectivity index (χ2v) is 7.94. The summed E-state index contributed by atoms with van der Waals surface area (Å²) in [5, 5.41) is 24.5. The Kier molecular flexibility index (Phi) is 7.29. The van der Waals surface area contributed by atoms with Crippen molar-refractivity contribution in [1.29, 1.82) is 0 Å². The third-order valence-corrected chi connectivity index (χ3v) is 5.38. The first kappa shape index (κ1) is 24.7. The van der Waals surface area contributed by atoms with E-state index in [2.05, 4.69) is 20.6 Å². The third-order valence-electron chi connectivity index (χ3n) is 5.38. The Labute approximate surface area is 210 Å². The van der Waals surface area contributed by atoms with Crippen molar-refractivity contribution in [1.82, 2.24) is 9.97 Å². The number of carbonyl (C=O) groups excluding carboxylic acids is 2. The molecule has 4 N–H and O–H groups in total. The van der Waals surface area contributed by atoms with E-state index in [4.69, 9.17) is 0 Å². The molecule has 10 nitrogen and oxygen atoms in total. The van der Waals surface area contributed by atoms with E-state index in [0.717, 1.165) is 0 Å². The Bertz CT molecular complexity index is 1380. The second kappa shape index (κ2) is 10.9. The maximum absolute atomic E-state index is 12.4. The molecule has 37 heavy (non-hydrogen) atoms. The lowest BCUT2D eigenvalue weighted by molar-refractivity contribution is 0.0687. The number of carboxylic acids is 2. The van der Waals surface area contributed by atoms with Gasteiger partial charge < -0.3 is 20.8 Å². The number of aromatic carboxylic acids is 2. The maximum atomic E-state index is 12.4. The molecule has 10 heteroatoms. The quantitative estimate of drug-likeness (QED) is 0.285. The fourth-order valence-electron chi connectivity index (χ4n) is 3.59. The highest BCUT2D eigenvalue weighted by molar-refractivity contribution is 6.08. The van der Waals surface area contributed by atoms with Gasteiger partial charge in [-0.25, -0.2) is 9.59 Å². The summed E-state index contributed by atoms with van der Waals surface area (Å²) in [6.07, 6.45) is 5.99. The van der Waals surface area contributed by atoms with Gasteiger partial charge in [0, 0.05) is 24.8 Å². The summed E-state index contributed by atoms with van der Waals surface area (Å²) in [5.41, 5.74) is 1.72. The molecule has 0 bridgehead atoms. The highest BCUT2D eigenvalue weighted by Gasteiger charge is 2.17. The van der Waals surface area contributed by atoms with Crippen molar-refractivity contribution in [2.75, 3.05) is 10.6 Å². The summed E-state index contributed by atoms with van der Waals surface area (Å²) in [5.74, 6) is -3.47. The van der Waals surface area contributed by atoms with Gasteiger partial charge in [0.2, 0.25) is 0 Å². The summed E-state index contributed by atoms with van der Waals surface area (Å²) in [6.45, 7) is 0. The van der Waals surface area contributed by atoms with E-state index in [-0.39, 0.29) is 40.0 Å². The molecule has 0 saturated heterocycles. The molecule has 184 valence electrons. The number of amides is 2. The van der Waals surface area contributed by atoms with Crippen molar-refractivity contribution < 1.29 is 29.4 Å². The van der Waals surface area contributed by atoms with Crippen molar-refractivity contribution in [3.63, 3.8) is 0 Å². The predicted octanol–water partition coefficient (Wildman–Crippen LogP) is 3.97. The van der Waals surface area contributed by atoms with Crippen LogP contribution in [0.2, 0.25) is 0 Å². The Morgan fingerprint density at radius 3 is 1.43 bits per heavy atom. The van der Waals surface area contributed by atoms with Gasteiger partial charge in [0.05, 0.1) is 33.6 Å². The number of carbonyl (C=O) groups is 4. The van der Waals surface area contributed by atoms with Crippen LogP contribution in [0, 0.1) is 0 Å². The first-order valence-corrected chi connectivity index (χ1v) is 11.0. The number of nitrogens with one attached hydrogen (secondary N) is 2. The van der Waals surface area contributed by atoms with Gasteiger partial charge in [-0.15, -0.1) is 0 Å². The van der Waals surface area contributed by atoms with Crippen LogP contribution < -0.4 is 10.6 Å². The lowest BCUT2D eigenvalue weighted by atomic mass is 9.99. The van der Waals surface area contributed by atoms with Crippen LogP contribution in [-0.4, -0.2) is 43.9 Å². The topological polar surface area (TPSA) is 159 Å². The van der Waals surface area contributed by atoms with E-state index in [1.807, 2.05) is 0 Å². The summed E-state index contributed by atoms with van der Waals surface area (Å²) in [4.78, 5) is 56.4. The van der Waals surface area contributed by atoms with Gasteiger partial charge in [-0.2, -0.15) is 0 Å². The van der Waals surface area contributed by atoms with Gasteiger partial charge in [0.25, 0.3) is 11.8 Å². The van der Waals surface area contributed by atoms with Crippen LogP contribution in [-0.2, 0) is 6.42 Å². The van der Waals surface area contributed by atoms with Gasteiger partial charge in [-0.3, -0.25) is 19.6 Å². The minimum absolute atomic E-state index is 0.116. The smallest absolute Gasteiger partial charge is 0.337 e. The fraction of sp³-hybridized carbons (Fsp3) is 0.0370. The van der Waals surface area contributed by atoms with Crippen LogP contribution >= 0.6 is 0 Å². The number of hydrogen-bond donors (Lipinski definition) is 4. The molecule has 4 aromatic rings. The number of rotatable bonds is 8. The Hall–Kier alpha value is -5.38. The summed E-state index contributed by atoms with van der Waals surface area (Å²) >= 11 is 0. The maximum Gasteiger partial charge on any atom is 0.337 e. The largest absolute Gasteiger partial charge is 0.478 e. The Morgan fingerprint density at radius 2 is 1.08 bits per heavy atom. The predicted molar refractivity (Wildman–Crippen MR) is 134 cm³/mol. The average Bonchev–Trinajstić information content (AvgIpc) is 2.91. The number of benzene rings is 2. The molecule has 0 spiro atoms. The zero-order valence-electron chi connectivity index (χ0n) is 19.2. The van der Waals surface area contributed by atoms with Crippen molar-refractivity contribution >= 4 is 35.1 Å². The molecule has 2 aromatic carbocycles. The molecule has 0 atom stereocenters. The number of pyridine rings is 2. The van der Waals surface area contributed by atoms with Crippen molar-refractivity contribution in [3.05, 3.63) is 119 Å².